The second-order valence-electron chi connectivity index (χ2n) is 8.00. The minimum absolute atomic E-state index is 0.0595. The highest BCUT2D eigenvalue weighted by molar-refractivity contribution is 7.92. The number of nitrogens with one attached hydrogen (secondary N) is 1. The summed E-state index contributed by atoms with van der Waals surface area (Å²) in [4.78, 5) is 27.2. The Labute approximate surface area is 204 Å². The maximum Gasteiger partial charge on any atom is 0.242 e. The zero-order valence-corrected chi connectivity index (χ0v) is 20.7. The van der Waals surface area contributed by atoms with Crippen molar-refractivity contribution in [2.45, 2.75) is 45.7 Å². The van der Waals surface area contributed by atoms with Crippen molar-refractivity contribution in [1.29, 1.82) is 0 Å². The van der Waals surface area contributed by atoms with Gasteiger partial charge in [0.05, 0.1) is 11.9 Å². The zero-order valence-electron chi connectivity index (χ0n) is 19.9. The average Bonchev–Trinajstić information content (AvgIpc) is 2.79. The Bertz CT molecular complexity index is 1130. The lowest BCUT2D eigenvalue weighted by Crippen LogP contribution is -2.49. The van der Waals surface area contributed by atoms with Crippen LogP contribution in [0.25, 0.3) is 0 Å². The third-order valence-electron chi connectivity index (χ3n) is 5.35. The van der Waals surface area contributed by atoms with E-state index in [9.17, 15) is 31.2 Å². The molecule has 0 fully saturated rings. The topological polar surface area (TPSA) is 86.8 Å². The maximum atomic E-state index is 13.7. The smallest absolute Gasteiger partial charge is 0.242 e. The summed E-state index contributed by atoms with van der Waals surface area (Å²) in [5.74, 6) is -3.45. The number of carbonyl (C=O) groups is 2. The Morgan fingerprint density at radius 3 is 2.20 bits per heavy atom. The first-order valence-corrected chi connectivity index (χ1v) is 13.1. The number of sulfonamides is 1. The summed E-state index contributed by atoms with van der Waals surface area (Å²) in [7, 11) is -3.84. The third-order valence-corrected chi connectivity index (χ3v) is 6.54. The van der Waals surface area contributed by atoms with Gasteiger partial charge < -0.3 is 10.2 Å². The van der Waals surface area contributed by atoms with Crippen LogP contribution in [0.4, 0.5) is 18.9 Å². The van der Waals surface area contributed by atoms with E-state index in [1.54, 1.807) is 13.8 Å². The lowest BCUT2D eigenvalue weighted by Gasteiger charge is -2.31. The summed E-state index contributed by atoms with van der Waals surface area (Å²) in [5, 5.41) is 2.71. The van der Waals surface area contributed by atoms with Gasteiger partial charge in [-0.25, -0.2) is 21.6 Å². The number of nitrogens with zero attached hydrogens (tertiary/aromatic N) is 2. The van der Waals surface area contributed by atoms with Crippen molar-refractivity contribution < 1.29 is 31.2 Å². The standard InChI is InChI=1S/C24H30F3N3O4S/c1-4-22(24(32)28-5-2)29(16-17-8-10-18(25)11-9-17)23(31)7-6-14-30(35(3,33)34)19-12-13-20(26)21(27)15-19/h8-13,15,22H,4-7,14,16H2,1-3H3,(H,28,32)/t22-/m1/s1. The van der Waals surface area contributed by atoms with E-state index in [0.29, 0.717) is 18.5 Å². The van der Waals surface area contributed by atoms with Crippen LogP contribution in [-0.2, 0) is 26.2 Å². The fourth-order valence-corrected chi connectivity index (χ4v) is 4.60. The van der Waals surface area contributed by atoms with E-state index in [-0.39, 0.29) is 37.5 Å². The number of likely N-dealkylation sites (N-methyl/N-ethyl adjacent to an activating group) is 1. The quantitative estimate of drug-likeness (QED) is 0.470. The van der Waals surface area contributed by atoms with Crippen molar-refractivity contribution in [2.75, 3.05) is 23.7 Å². The summed E-state index contributed by atoms with van der Waals surface area (Å²) in [6, 6.07) is 7.55. The first kappa shape index (κ1) is 28.2. The van der Waals surface area contributed by atoms with Gasteiger partial charge in [0.15, 0.2) is 11.6 Å². The maximum absolute atomic E-state index is 13.7. The lowest BCUT2D eigenvalue weighted by atomic mass is 10.1. The van der Waals surface area contributed by atoms with Gasteiger partial charge in [0, 0.05) is 32.1 Å². The highest BCUT2D eigenvalue weighted by atomic mass is 32.2. The first-order valence-electron chi connectivity index (χ1n) is 11.2. The summed E-state index contributed by atoms with van der Waals surface area (Å²) in [5.41, 5.74) is 0.567. The van der Waals surface area contributed by atoms with E-state index in [1.807, 2.05) is 0 Å². The second kappa shape index (κ2) is 12.6. The van der Waals surface area contributed by atoms with Gasteiger partial charge in [0.1, 0.15) is 11.9 Å². The molecule has 0 bridgehead atoms. The van der Waals surface area contributed by atoms with Crippen LogP contribution in [-0.4, -0.2) is 50.5 Å². The number of anilines is 1. The summed E-state index contributed by atoms with van der Waals surface area (Å²) in [6.07, 6.45) is 1.23. The van der Waals surface area contributed by atoms with Gasteiger partial charge in [-0.2, -0.15) is 0 Å². The van der Waals surface area contributed by atoms with E-state index in [2.05, 4.69) is 5.32 Å². The largest absolute Gasteiger partial charge is 0.355 e. The highest BCUT2D eigenvalue weighted by Crippen LogP contribution is 2.22. The van der Waals surface area contributed by atoms with Crippen LogP contribution in [0.5, 0.6) is 0 Å². The van der Waals surface area contributed by atoms with Crippen LogP contribution in [0.2, 0.25) is 0 Å². The monoisotopic (exact) mass is 513 g/mol. The molecule has 0 saturated carbocycles. The SMILES string of the molecule is CCNC(=O)[C@@H](CC)N(Cc1ccc(F)cc1)C(=O)CCCN(c1ccc(F)c(F)c1)S(C)(=O)=O. The summed E-state index contributed by atoms with van der Waals surface area (Å²) >= 11 is 0. The Hall–Kier alpha value is -3.08. The van der Waals surface area contributed by atoms with Crippen molar-refractivity contribution in [1.82, 2.24) is 10.2 Å². The van der Waals surface area contributed by atoms with Gasteiger partial charge in [-0.05, 0) is 49.6 Å². The number of hydrogen-bond donors (Lipinski definition) is 1. The van der Waals surface area contributed by atoms with Gasteiger partial charge in [-0.15, -0.1) is 0 Å². The molecular weight excluding hydrogens is 483 g/mol. The molecule has 0 saturated heterocycles. The second-order valence-corrected chi connectivity index (χ2v) is 9.91. The van der Waals surface area contributed by atoms with Crippen LogP contribution in [0.3, 0.4) is 0 Å². The van der Waals surface area contributed by atoms with Crippen LogP contribution < -0.4 is 9.62 Å². The molecule has 0 aliphatic carbocycles. The van der Waals surface area contributed by atoms with E-state index in [4.69, 9.17) is 0 Å². The van der Waals surface area contributed by atoms with E-state index in [0.717, 1.165) is 28.8 Å². The Morgan fingerprint density at radius 1 is 1.00 bits per heavy atom. The van der Waals surface area contributed by atoms with Crippen molar-refractivity contribution in [3.63, 3.8) is 0 Å². The molecule has 0 aliphatic rings. The predicted molar refractivity (Wildman–Crippen MR) is 127 cm³/mol. The van der Waals surface area contributed by atoms with Crippen molar-refractivity contribution >= 4 is 27.5 Å². The molecule has 2 rings (SSSR count). The number of benzene rings is 2. The molecule has 0 aliphatic heterocycles. The molecule has 2 aromatic carbocycles. The molecule has 1 N–H and O–H groups in total. The fourth-order valence-electron chi connectivity index (χ4n) is 3.64. The van der Waals surface area contributed by atoms with Crippen LogP contribution in [0, 0.1) is 17.5 Å². The normalized spacial score (nSPS) is 12.2. The molecule has 2 amide bonds. The van der Waals surface area contributed by atoms with E-state index < -0.39 is 39.4 Å². The zero-order chi connectivity index (χ0) is 26.2. The molecule has 0 unspecified atom stereocenters. The molecule has 11 heteroatoms. The minimum Gasteiger partial charge on any atom is -0.355 e. The molecule has 1 atom stereocenters. The Kier molecular flexibility index (Phi) is 10.1. The number of hydrogen-bond acceptors (Lipinski definition) is 4. The minimum atomic E-state index is -3.84. The molecule has 0 spiro atoms. The highest BCUT2D eigenvalue weighted by Gasteiger charge is 2.28. The van der Waals surface area contributed by atoms with Crippen molar-refractivity contribution in [3.8, 4) is 0 Å². The number of rotatable bonds is 12. The van der Waals surface area contributed by atoms with Gasteiger partial charge >= 0.3 is 0 Å². The van der Waals surface area contributed by atoms with Gasteiger partial charge in [0.2, 0.25) is 21.8 Å². The number of amides is 2. The molecule has 0 heterocycles. The molecule has 2 aromatic rings. The van der Waals surface area contributed by atoms with E-state index in [1.165, 1.54) is 29.2 Å². The third kappa shape index (κ3) is 7.98. The molecule has 192 valence electrons. The molecular formula is C24H30F3N3O4S. The van der Waals surface area contributed by atoms with Gasteiger partial charge in [-0.3, -0.25) is 13.9 Å². The molecule has 0 radical (unpaired) electrons. The first-order chi connectivity index (χ1) is 16.5. The van der Waals surface area contributed by atoms with Crippen molar-refractivity contribution in [3.05, 3.63) is 65.5 Å². The van der Waals surface area contributed by atoms with Crippen LogP contribution in [0.1, 0.15) is 38.7 Å². The van der Waals surface area contributed by atoms with Gasteiger partial charge in [0.25, 0.3) is 0 Å². The van der Waals surface area contributed by atoms with Crippen LogP contribution >= 0.6 is 0 Å². The van der Waals surface area contributed by atoms with Crippen LogP contribution in [0.15, 0.2) is 42.5 Å². The molecule has 0 aromatic heterocycles. The summed E-state index contributed by atoms with van der Waals surface area (Å²) in [6.45, 7) is 3.81. The Balaban J connectivity index is 2.21. The molecule has 35 heavy (non-hydrogen) atoms. The number of halogens is 3. The van der Waals surface area contributed by atoms with Gasteiger partial charge in [-0.1, -0.05) is 19.1 Å². The fraction of sp³-hybridized carbons (Fsp3) is 0.417. The van der Waals surface area contributed by atoms with Crippen molar-refractivity contribution in [2.24, 2.45) is 0 Å². The predicted octanol–water partition coefficient (Wildman–Crippen LogP) is 3.59. The van der Waals surface area contributed by atoms with E-state index >= 15 is 0 Å². The summed E-state index contributed by atoms with van der Waals surface area (Å²) < 4.78 is 65.7. The average molecular weight is 514 g/mol. The lowest BCUT2D eigenvalue weighted by molar-refractivity contribution is -0.141. The molecule has 7 nitrogen and oxygen atoms in total. The Morgan fingerprint density at radius 2 is 1.66 bits per heavy atom. The number of carbonyl (C=O) groups excluding carboxylic acids is 2.